The van der Waals surface area contributed by atoms with Crippen LogP contribution in [0.25, 0.3) is 0 Å². The lowest BCUT2D eigenvalue weighted by Gasteiger charge is -2.09. The van der Waals surface area contributed by atoms with Crippen LogP contribution in [0.5, 0.6) is 0 Å². The van der Waals surface area contributed by atoms with Crippen molar-refractivity contribution in [1.82, 2.24) is 5.23 Å². The van der Waals surface area contributed by atoms with Crippen molar-refractivity contribution in [1.29, 1.82) is 0 Å². The molecule has 0 aliphatic carbocycles. The van der Waals surface area contributed by atoms with E-state index in [0.717, 1.165) is 6.92 Å². The minimum Gasteiger partial charge on any atom is -0.313 e. The average Bonchev–Trinajstić information content (AvgIpc) is 1.82. The van der Waals surface area contributed by atoms with E-state index in [0.29, 0.717) is 5.23 Å². The minimum absolute atomic E-state index is 0.237. The molecule has 0 N–H and O–H groups in total. The molecular formula is C4H7NO4. The maximum Gasteiger partial charge on any atom is 0.332 e. The van der Waals surface area contributed by atoms with Crippen LogP contribution in [0.4, 0.5) is 0 Å². The summed E-state index contributed by atoms with van der Waals surface area (Å²) in [6.45, 7) is 1.16. The summed E-state index contributed by atoms with van der Waals surface area (Å²) in [5, 5.41) is 0.419. The molecule has 0 radical (unpaired) electrons. The first kappa shape index (κ1) is 7.90. The topological polar surface area (TPSA) is 55.8 Å². The molecular weight excluding hydrogens is 126 g/mol. The van der Waals surface area contributed by atoms with E-state index in [1.807, 2.05) is 0 Å². The van der Waals surface area contributed by atoms with Gasteiger partial charge < -0.3 is 4.84 Å². The number of carbonyl (C=O) groups is 2. The number of hydroxylamine groups is 2. The highest BCUT2D eigenvalue weighted by Gasteiger charge is 2.01. The summed E-state index contributed by atoms with van der Waals surface area (Å²) in [6.07, 6.45) is 0.237. The van der Waals surface area contributed by atoms with Crippen LogP contribution in [0.2, 0.25) is 0 Å². The van der Waals surface area contributed by atoms with E-state index >= 15 is 0 Å². The van der Waals surface area contributed by atoms with E-state index in [9.17, 15) is 9.59 Å². The molecule has 0 aliphatic rings. The number of amides is 1. The Morgan fingerprint density at radius 3 is 2.33 bits per heavy atom. The summed E-state index contributed by atoms with van der Waals surface area (Å²) in [5.41, 5.74) is 0. The van der Waals surface area contributed by atoms with Gasteiger partial charge in [-0.2, -0.15) is 0 Å². The number of rotatable bonds is 3. The van der Waals surface area contributed by atoms with Gasteiger partial charge in [0.15, 0.2) is 0 Å². The Balaban J connectivity index is 3.55. The first-order valence-electron chi connectivity index (χ1n) is 2.18. The average molecular weight is 133 g/mol. The molecule has 0 fully saturated rings. The number of carbonyl (C=O) groups excluding carboxylic acids is 2. The van der Waals surface area contributed by atoms with Crippen molar-refractivity contribution in [3.05, 3.63) is 0 Å². The summed E-state index contributed by atoms with van der Waals surface area (Å²) in [7, 11) is 1.21. The van der Waals surface area contributed by atoms with Crippen LogP contribution >= 0.6 is 0 Å². The second kappa shape index (κ2) is 3.85. The van der Waals surface area contributed by atoms with E-state index < -0.39 is 5.97 Å². The molecule has 0 atom stereocenters. The largest absolute Gasteiger partial charge is 0.332 e. The standard InChI is InChI=1S/C4H7NO4/c1-4(7)9-5(3-6)8-2/h3H,1-2H3. The molecule has 52 valence electrons. The van der Waals surface area contributed by atoms with Crippen LogP contribution in [-0.2, 0) is 19.3 Å². The van der Waals surface area contributed by atoms with Crippen molar-refractivity contribution in [3.63, 3.8) is 0 Å². The van der Waals surface area contributed by atoms with Gasteiger partial charge in [-0.1, -0.05) is 0 Å². The molecule has 0 bridgehead atoms. The highest BCUT2D eigenvalue weighted by atomic mass is 17.0. The zero-order valence-electron chi connectivity index (χ0n) is 5.16. The Bertz CT molecular complexity index is 113. The molecule has 9 heavy (non-hydrogen) atoms. The summed E-state index contributed by atoms with van der Waals surface area (Å²) in [6, 6.07) is 0. The van der Waals surface area contributed by atoms with Gasteiger partial charge in [-0.15, -0.1) is 0 Å². The SMILES string of the molecule is CON(C=O)OC(C)=O. The second-order valence-electron chi connectivity index (χ2n) is 1.16. The summed E-state index contributed by atoms with van der Waals surface area (Å²) in [4.78, 5) is 28.2. The minimum atomic E-state index is -0.607. The zero-order valence-corrected chi connectivity index (χ0v) is 5.16. The van der Waals surface area contributed by atoms with Gasteiger partial charge in [0.25, 0.3) is 6.41 Å². The molecule has 0 saturated carbocycles. The third-order valence-corrected chi connectivity index (χ3v) is 0.485. The smallest absolute Gasteiger partial charge is 0.313 e. The normalized spacial score (nSPS) is 8.22. The van der Waals surface area contributed by atoms with E-state index in [1.54, 1.807) is 0 Å². The zero-order chi connectivity index (χ0) is 7.28. The Kier molecular flexibility index (Phi) is 3.38. The lowest BCUT2D eigenvalue weighted by Crippen LogP contribution is -2.23. The molecule has 0 spiro atoms. The Labute approximate surface area is 52.1 Å². The van der Waals surface area contributed by atoms with Crippen molar-refractivity contribution in [2.24, 2.45) is 0 Å². The fourth-order valence-electron chi connectivity index (χ4n) is 0.229. The maximum atomic E-state index is 10.1. The van der Waals surface area contributed by atoms with Crippen molar-refractivity contribution < 1.29 is 19.3 Å². The lowest BCUT2D eigenvalue weighted by atomic mass is 10.8. The van der Waals surface area contributed by atoms with Crippen molar-refractivity contribution in [3.8, 4) is 0 Å². The molecule has 0 heterocycles. The van der Waals surface area contributed by atoms with Gasteiger partial charge in [0.2, 0.25) is 0 Å². The van der Waals surface area contributed by atoms with Crippen LogP contribution in [0, 0.1) is 0 Å². The first-order valence-corrected chi connectivity index (χ1v) is 2.18. The van der Waals surface area contributed by atoms with Gasteiger partial charge in [0, 0.05) is 6.92 Å². The molecule has 0 saturated heterocycles. The summed E-state index contributed by atoms with van der Waals surface area (Å²) < 4.78 is 0. The number of nitrogens with zero attached hydrogens (tertiary/aromatic N) is 1. The monoisotopic (exact) mass is 133 g/mol. The van der Waals surface area contributed by atoms with Gasteiger partial charge >= 0.3 is 5.97 Å². The third-order valence-electron chi connectivity index (χ3n) is 0.485. The molecule has 5 nitrogen and oxygen atoms in total. The van der Waals surface area contributed by atoms with Crippen molar-refractivity contribution in [2.75, 3.05) is 7.11 Å². The summed E-state index contributed by atoms with van der Waals surface area (Å²) >= 11 is 0. The van der Waals surface area contributed by atoms with E-state index in [1.165, 1.54) is 7.11 Å². The van der Waals surface area contributed by atoms with E-state index in [4.69, 9.17) is 0 Å². The summed E-state index contributed by atoms with van der Waals surface area (Å²) in [5.74, 6) is -0.607. The van der Waals surface area contributed by atoms with Crippen LogP contribution < -0.4 is 0 Å². The fourth-order valence-corrected chi connectivity index (χ4v) is 0.229. The Morgan fingerprint density at radius 1 is 1.67 bits per heavy atom. The second-order valence-corrected chi connectivity index (χ2v) is 1.16. The third kappa shape index (κ3) is 3.48. The quantitative estimate of drug-likeness (QED) is 0.384. The number of hydrogen-bond donors (Lipinski definition) is 0. The predicted molar refractivity (Wildman–Crippen MR) is 26.7 cm³/mol. The highest BCUT2D eigenvalue weighted by molar-refractivity contribution is 5.66. The van der Waals surface area contributed by atoms with E-state index in [-0.39, 0.29) is 6.41 Å². The molecule has 0 rings (SSSR count). The molecule has 0 aromatic carbocycles. The Hall–Kier alpha value is -1.10. The van der Waals surface area contributed by atoms with Crippen molar-refractivity contribution in [2.45, 2.75) is 6.92 Å². The van der Waals surface area contributed by atoms with Gasteiger partial charge in [0.1, 0.15) is 0 Å². The maximum absolute atomic E-state index is 10.1. The lowest BCUT2D eigenvalue weighted by molar-refractivity contribution is -0.301. The molecule has 0 aromatic heterocycles. The van der Waals surface area contributed by atoms with Gasteiger partial charge in [-0.05, 0) is 5.23 Å². The van der Waals surface area contributed by atoms with Gasteiger partial charge in [0.05, 0.1) is 7.11 Å². The first-order chi connectivity index (χ1) is 4.20. The molecule has 0 aliphatic heterocycles. The van der Waals surface area contributed by atoms with Gasteiger partial charge in [-0.3, -0.25) is 4.79 Å². The van der Waals surface area contributed by atoms with Crippen molar-refractivity contribution >= 4 is 12.4 Å². The van der Waals surface area contributed by atoms with Crippen LogP contribution in [-0.4, -0.2) is 24.7 Å². The van der Waals surface area contributed by atoms with Crippen LogP contribution in [0.15, 0.2) is 0 Å². The molecule has 1 amide bonds. The van der Waals surface area contributed by atoms with Crippen LogP contribution in [0.1, 0.15) is 6.92 Å². The van der Waals surface area contributed by atoms with Gasteiger partial charge in [-0.25, -0.2) is 9.63 Å². The van der Waals surface area contributed by atoms with E-state index in [2.05, 4.69) is 9.68 Å². The molecule has 5 heteroatoms. The fraction of sp³-hybridized carbons (Fsp3) is 0.500. The predicted octanol–water partition coefficient (Wildman–Crippen LogP) is -0.516. The Morgan fingerprint density at radius 2 is 2.22 bits per heavy atom. The molecule has 0 unspecified atom stereocenters. The molecule has 0 aromatic rings. The van der Waals surface area contributed by atoms with Crippen LogP contribution in [0.3, 0.4) is 0 Å². The highest BCUT2D eigenvalue weighted by Crippen LogP contribution is 1.84. The number of hydrogen-bond acceptors (Lipinski definition) is 4.